The summed E-state index contributed by atoms with van der Waals surface area (Å²) in [6.07, 6.45) is 14.4. The van der Waals surface area contributed by atoms with Crippen LogP contribution in [-0.2, 0) is 34.2 Å². The number of carbonyl (C=O) groups is 1. The van der Waals surface area contributed by atoms with Gasteiger partial charge in [0.2, 0.25) is 0 Å². The summed E-state index contributed by atoms with van der Waals surface area (Å²) in [4.78, 5) is 22.7. The smallest absolute Gasteiger partial charge is 0.321 e. The fourth-order valence-electron chi connectivity index (χ4n) is 4.60. The highest BCUT2D eigenvalue weighted by Crippen LogP contribution is 2.19. The van der Waals surface area contributed by atoms with Crippen LogP contribution >= 0.6 is 0 Å². The third-order valence-corrected chi connectivity index (χ3v) is 8.10. The van der Waals surface area contributed by atoms with Gasteiger partial charge in [0.15, 0.2) is 0 Å². The van der Waals surface area contributed by atoms with E-state index in [1.807, 2.05) is 31.2 Å². The number of aryl methyl sites for hydroxylation is 2. The van der Waals surface area contributed by atoms with Gasteiger partial charge in [0.25, 0.3) is 0 Å². The lowest BCUT2D eigenvalue weighted by Gasteiger charge is -2.29. The van der Waals surface area contributed by atoms with Crippen molar-refractivity contribution in [2.24, 2.45) is 0 Å². The van der Waals surface area contributed by atoms with Gasteiger partial charge in [-0.3, -0.25) is 19.7 Å². The summed E-state index contributed by atoms with van der Waals surface area (Å²) >= 11 is 0. The molecular weight excluding hydrogens is 526 g/mol. The zero-order chi connectivity index (χ0) is 28.6. The molecule has 0 unspecified atom stereocenters. The zero-order valence-corrected chi connectivity index (χ0v) is 24.1. The Labute approximate surface area is 238 Å². The van der Waals surface area contributed by atoms with Crippen molar-refractivity contribution in [2.45, 2.75) is 70.8 Å². The van der Waals surface area contributed by atoms with E-state index in [1.165, 1.54) is 11.1 Å². The number of carboxylic acid groups (broad SMARTS) is 1. The van der Waals surface area contributed by atoms with E-state index in [0.717, 1.165) is 50.5 Å². The molecule has 0 amide bonds. The van der Waals surface area contributed by atoms with Gasteiger partial charge >= 0.3 is 16.1 Å². The van der Waals surface area contributed by atoms with Crippen LogP contribution in [0.5, 0.6) is 5.75 Å². The van der Waals surface area contributed by atoms with Gasteiger partial charge in [-0.15, -0.1) is 0 Å². The fourth-order valence-corrected chi connectivity index (χ4v) is 5.73. The van der Waals surface area contributed by atoms with Gasteiger partial charge in [0.05, 0.1) is 5.75 Å². The van der Waals surface area contributed by atoms with Crippen molar-refractivity contribution in [3.63, 3.8) is 0 Å². The van der Waals surface area contributed by atoms with Crippen molar-refractivity contribution in [3.8, 4) is 5.75 Å². The van der Waals surface area contributed by atoms with Crippen molar-refractivity contribution in [3.05, 3.63) is 90.0 Å². The molecule has 2 heterocycles. The Morgan fingerprint density at radius 2 is 1.32 bits per heavy atom. The molecule has 2 aromatic heterocycles. The summed E-state index contributed by atoms with van der Waals surface area (Å²) in [6, 6.07) is 14.1. The van der Waals surface area contributed by atoms with E-state index in [1.54, 1.807) is 49.1 Å². The summed E-state index contributed by atoms with van der Waals surface area (Å²) in [7, 11) is -3.63. The van der Waals surface area contributed by atoms with Gasteiger partial charge in [-0.2, -0.15) is 8.42 Å². The highest BCUT2D eigenvalue weighted by molar-refractivity contribution is 7.87. The summed E-state index contributed by atoms with van der Waals surface area (Å²) in [5.74, 6) is -0.634. The lowest BCUT2D eigenvalue weighted by Crippen LogP contribution is -2.44. The summed E-state index contributed by atoms with van der Waals surface area (Å²) in [5.41, 5.74) is 3.28. The number of nitrogens with zero attached hydrogens (tertiary/aromatic N) is 3. The molecule has 3 rings (SSSR count). The van der Waals surface area contributed by atoms with Gasteiger partial charge in [0.1, 0.15) is 11.8 Å². The molecule has 0 aliphatic rings. The molecule has 1 aromatic carbocycles. The van der Waals surface area contributed by atoms with Crippen molar-refractivity contribution in [1.82, 2.24) is 14.9 Å². The molecule has 0 aliphatic carbocycles. The zero-order valence-electron chi connectivity index (χ0n) is 23.3. The standard InChI is InChI=1S/C31H41N3O5S/c1-2-3-24-40(37,38)39-29-12-10-28(11-13-29)25-30(31(35)36)34(22-6-4-8-26-14-18-32-19-15-26)23-7-5-9-27-16-20-33-21-17-27/h10-21,30H,2-9,22-25H2,1H3,(H,35,36)/t30-/m0/s1. The predicted octanol–water partition coefficient (Wildman–Crippen LogP) is 5.33. The normalized spacial score (nSPS) is 12.3. The Balaban J connectivity index is 1.62. The number of unbranched alkanes of at least 4 members (excludes halogenated alkanes) is 3. The first-order valence-electron chi connectivity index (χ1n) is 14.1. The third-order valence-electron chi connectivity index (χ3n) is 6.87. The highest BCUT2D eigenvalue weighted by atomic mass is 32.2. The molecule has 3 aromatic rings. The van der Waals surface area contributed by atoms with Crippen LogP contribution in [-0.4, -0.2) is 59.2 Å². The van der Waals surface area contributed by atoms with Crippen molar-refractivity contribution >= 4 is 16.1 Å². The molecule has 40 heavy (non-hydrogen) atoms. The average Bonchev–Trinajstić information content (AvgIpc) is 2.96. The van der Waals surface area contributed by atoms with Gasteiger partial charge in [0, 0.05) is 24.8 Å². The van der Waals surface area contributed by atoms with Gasteiger partial charge in [-0.25, -0.2) is 0 Å². The van der Waals surface area contributed by atoms with E-state index in [4.69, 9.17) is 4.18 Å². The van der Waals surface area contributed by atoms with Gasteiger partial charge in [-0.05, 0) is 118 Å². The maximum Gasteiger partial charge on any atom is 0.321 e. The van der Waals surface area contributed by atoms with Crippen LogP contribution in [0.15, 0.2) is 73.3 Å². The maximum atomic E-state index is 12.4. The molecule has 0 saturated carbocycles. The van der Waals surface area contributed by atoms with Crippen LogP contribution in [0.3, 0.4) is 0 Å². The van der Waals surface area contributed by atoms with E-state index in [9.17, 15) is 18.3 Å². The monoisotopic (exact) mass is 567 g/mol. The molecule has 0 spiro atoms. The third kappa shape index (κ3) is 11.4. The molecule has 1 atom stereocenters. The fraction of sp³-hybridized carbons (Fsp3) is 0.452. The lowest BCUT2D eigenvalue weighted by atomic mass is 10.0. The molecule has 1 N–H and O–H groups in total. The Morgan fingerprint density at radius 3 is 1.80 bits per heavy atom. The van der Waals surface area contributed by atoms with E-state index >= 15 is 0 Å². The minimum Gasteiger partial charge on any atom is -0.480 e. The van der Waals surface area contributed by atoms with Crippen molar-refractivity contribution in [1.29, 1.82) is 0 Å². The average molecular weight is 568 g/mol. The molecule has 0 bridgehead atoms. The molecule has 0 radical (unpaired) electrons. The topological polar surface area (TPSA) is 110 Å². The van der Waals surface area contributed by atoms with Gasteiger partial charge in [-0.1, -0.05) is 25.5 Å². The predicted molar refractivity (Wildman–Crippen MR) is 157 cm³/mol. The number of hydrogen-bond donors (Lipinski definition) is 1. The Hall–Kier alpha value is -3.30. The van der Waals surface area contributed by atoms with Crippen LogP contribution in [0.4, 0.5) is 0 Å². The number of carboxylic acids is 1. The van der Waals surface area contributed by atoms with Crippen molar-refractivity contribution in [2.75, 3.05) is 18.8 Å². The molecule has 0 fully saturated rings. The summed E-state index contributed by atoms with van der Waals surface area (Å²) in [5, 5.41) is 10.2. The molecule has 0 aliphatic heterocycles. The molecule has 216 valence electrons. The van der Waals surface area contributed by atoms with Crippen LogP contribution in [0.2, 0.25) is 0 Å². The van der Waals surface area contributed by atoms with Crippen LogP contribution in [0.1, 0.15) is 62.1 Å². The van der Waals surface area contributed by atoms with Crippen LogP contribution in [0, 0.1) is 0 Å². The van der Waals surface area contributed by atoms with Gasteiger partial charge < -0.3 is 9.29 Å². The van der Waals surface area contributed by atoms with E-state index in [-0.39, 0.29) is 11.5 Å². The lowest BCUT2D eigenvalue weighted by molar-refractivity contribution is -0.143. The second-order valence-electron chi connectivity index (χ2n) is 10.1. The second kappa shape index (κ2) is 16.7. The Bertz CT molecular complexity index is 1190. The van der Waals surface area contributed by atoms with Crippen LogP contribution < -0.4 is 4.18 Å². The van der Waals surface area contributed by atoms with E-state index in [2.05, 4.69) is 14.9 Å². The molecule has 8 nitrogen and oxygen atoms in total. The molecular formula is C31H41N3O5S. The SMILES string of the molecule is CCCCS(=O)(=O)Oc1ccc(C[C@@H](C(=O)O)N(CCCCc2ccncc2)CCCCc2ccncc2)cc1. The second-order valence-corrected chi connectivity index (χ2v) is 11.8. The van der Waals surface area contributed by atoms with Crippen molar-refractivity contribution < 1.29 is 22.5 Å². The van der Waals surface area contributed by atoms with E-state index < -0.39 is 22.1 Å². The quantitative estimate of drug-likeness (QED) is 0.153. The Kier molecular flexibility index (Phi) is 13.1. The summed E-state index contributed by atoms with van der Waals surface area (Å²) in [6.45, 7) is 3.30. The largest absolute Gasteiger partial charge is 0.480 e. The van der Waals surface area contributed by atoms with E-state index in [0.29, 0.717) is 25.9 Å². The maximum absolute atomic E-state index is 12.4. The summed E-state index contributed by atoms with van der Waals surface area (Å²) < 4.78 is 29.4. The number of aromatic nitrogens is 2. The minimum absolute atomic E-state index is 0.0242. The molecule has 0 saturated heterocycles. The number of rotatable bonds is 19. The molecule has 9 heteroatoms. The number of benzene rings is 1. The first kappa shape index (κ1) is 31.2. The number of aliphatic carboxylic acids is 1. The van der Waals surface area contributed by atoms with Crippen LogP contribution in [0.25, 0.3) is 0 Å². The first-order valence-corrected chi connectivity index (χ1v) is 15.7. The first-order chi connectivity index (χ1) is 19.4. The number of pyridine rings is 2. The number of hydrogen-bond acceptors (Lipinski definition) is 7. The minimum atomic E-state index is -3.63. The highest BCUT2D eigenvalue weighted by Gasteiger charge is 2.25. The Morgan fingerprint density at radius 1 is 0.800 bits per heavy atom.